The molecule has 1 aliphatic rings. The molecule has 6 nitrogen and oxygen atoms in total. The predicted molar refractivity (Wildman–Crippen MR) is 69.9 cm³/mol. The number of hydrogen-bond donors (Lipinski definition) is 4. The van der Waals surface area contributed by atoms with Crippen LogP contribution in [0.5, 0.6) is 0 Å². The van der Waals surface area contributed by atoms with Crippen molar-refractivity contribution in [2.75, 3.05) is 6.54 Å². The van der Waals surface area contributed by atoms with Crippen LogP contribution in [0.2, 0.25) is 0 Å². The monoisotopic (exact) mass is 258 g/mol. The number of para-hydroxylation sites is 1. The van der Waals surface area contributed by atoms with E-state index in [0.717, 1.165) is 16.5 Å². The van der Waals surface area contributed by atoms with Gasteiger partial charge in [-0.05, 0) is 11.6 Å². The van der Waals surface area contributed by atoms with Crippen LogP contribution in [0.1, 0.15) is 11.5 Å². The fourth-order valence-corrected chi connectivity index (χ4v) is 2.70. The van der Waals surface area contributed by atoms with Gasteiger partial charge in [-0.2, -0.15) is 0 Å². The van der Waals surface area contributed by atoms with Gasteiger partial charge in [-0.3, -0.25) is 15.0 Å². The van der Waals surface area contributed by atoms with Crippen LogP contribution in [0, 0.1) is 5.92 Å². The number of H-pyrrole nitrogens is 1. The van der Waals surface area contributed by atoms with Crippen LogP contribution in [0.3, 0.4) is 0 Å². The molecule has 19 heavy (non-hydrogen) atoms. The van der Waals surface area contributed by atoms with Crippen LogP contribution in [-0.2, 0) is 9.59 Å². The number of hydrogen-bond acceptors (Lipinski definition) is 3. The summed E-state index contributed by atoms with van der Waals surface area (Å²) in [4.78, 5) is 26.7. The lowest BCUT2D eigenvalue weighted by Crippen LogP contribution is -2.40. The van der Waals surface area contributed by atoms with E-state index in [1.807, 2.05) is 30.5 Å². The first kappa shape index (κ1) is 11.7. The maximum absolute atomic E-state index is 11.8. The quantitative estimate of drug-likeness (QED) is 0.264. The van der Waals surface area contributed by atoms with Crippen molar-refractivity contribution in [3.8, 4) is 0 Å². The average molecular weight is 258 g/mol. The summed E-state index contributed by atoms with van der Waals surface area (Å²) in [7, 11) is 0. The van der Waals surface area contributed by atoms with E-state index >= 15 is 0 Å². The minimum Gasteiger partial charge on any atom is -0.361 e. The van der Waals surface area contributed by atoms with Gasteiger partial charge in [0.25, 0.3) is 0 Å². The zero-order valence-corrected chi connectivity index (χ0v) is 10.1. The van der Waals surface area contributed by atoms with Crippen molar-refractivity contribution < 1.29 is 9.59 Å². The van der Waals surface area contributed by atoms with E-state index in [1.165, 1.54) is 0 Å². The van der Waals surface area contributed by atoms with E-state index in [2.05, 4.69) is 15.7 Å². The third-order valence-electron chi connectivity index (χ3n) is 3.63. The van der Waals surface area contributed by atoms with Crippen molar-refractivity contribution in [3.05, 3.63) is 36.0 Å². The highest BCUT2D eigenvalue weighted by molar-refractivity contribution is 6.03. The average Bonchev–Trinajstić information content (AvgIpc) is 3.01. The van der Waals surface area contributed by atoms with Gasteiger partial charge in [0.15, 0.2) is 0 Å². The normalized spacial score (nSPS) is 22.5. The number of aromatic nitrogens is 1. The molecule has 2 unspecified atom stereocenters. The van der Waals surface area contributed by atoms with Crippen LogP contribution in [-0.4, -0.2) is 23.3 Å². The second-order valence-corrected chi connectivity index (χ2v) is 4.63. The largest absolute Gasteiger partial charge is 0.361 e. The Labute approximate surface area is 109 Å². The van der Waals surface area contributed by atoms with Gasteiger partial charge in [0.2, 0.25) is 11.8 Å². The minimum absolute atomic E-state index is 0.202. The summed E-state index contributed by atoms with van der Waals surface area (Å²) < 4.78 is 0. The molecule has 2 atom stereocenters. The van der Waals surface area contributed by atoms with Gasteiger partial charge in [-0.1, -0.05) is 18.2 Å². The van der Waals surface area contributed by atoms with Gasteiger partial charge >= 0.3 is 0 Å². The molecule has 1 aromatic carbocycles. The van der Waals surface area contributed by atoms with Crippen LogP contribution < -0.4 is 16.6 Å². The first-order valence-corrected chi connectivity index (χ1v) is 6.06. The number of fused-ring (bicyclic) bond motifs is 1. The van der Waals surface area contributed by atoms with Crippen LogP contribution in [0.15, 0.2) is 30.5 Å². The molecule has 0 spiro atoms. The second-order valence-electron chi connectivity index (χ2n) is 4.63. The van der Waals surface area contributed by atoms with Gasteiger partial charge in [-0.25, -0.2) is 5.84 Å². The summed E-state index contributed by atoms with van der Waals surface area (Å²) in [6, 6.07) is 7.80. The number of hydrazine groups is 1. The van der Waals surface area contributed by atoms with Gasteiger partial charge in [0.1, 0.15) is 5.92 Å². The molecular formula is C13H14N4O2. The van der Waals surface area contributed by atoms with Gasteiger partial charge in [0, 0.05) is 29.6 Å². The van der Waals surface area contributed by atoms with Crippen LogP contribution >= 0.6 is 0 Å². The third kappa shape index (κ3) is 1.77. The molecule has 0 radical (unpaired) electrons. The Bertz CT molecular complexity index is 649. The summed E-state index contributed by atoms with van der Waals surface area (Å²) in [5.74, 6) is 3.45. The first-order chi connectivity index (χ1) is 9.22. The maximum Gasteiger partial charge on any atom is 0.247 e. The maximum atomic E-state index is 11.8. The molecule has 5 N–H and O–H groups in total. The van der Waals surface area contributed by atoms with Gasteiger partial charge in [-0.15, -0.1) is 0 Å². The molecular weight excluding hydrogens is 244 g/mol. The highest BCUT2D eigenvalue weighted by Crippen LogP contribution is 2.33. The molecule has 6 heteroatoms. The predicted octanol–water partition coefficient (Wildman–Crippen LogP) is -0.0126. The lowest BCUT2D eigenvalue weighted by atomic mass is 9.88. The van der Waals surface area contributed by atoms with Crippen molar-refractivity contribution in [2.45, 2.75) is 5.92 Å². The van der Waals surface area contributed by atoms with Crippen LogP contribution in [0.4, 0.5) is 0 Å². The highest BCUT2D eigenvalue weighted by atomic mass is 16.2. The molecule has 0 saturated carbocycles. The van der Waals surface area contributed by atoms with Crippen molar-refractivity contribution in [2.24, 2.45) is 11.8 Å². The molecule has 98 valence electrons. The topological polar surface area (TPSA) is 100 Å². The summed E-state index contributed by atoms with van der Waals surface area (Å²) in [5.41, 5.74) is 4.02. The summed E-state index contributed by atoms with van der Waals surface area (Å²) >= 11 is 0. The molecule has 0 aliphatic carbocycles. The Morgan fingerprint density at radius 1 is 1.37 bits per heavy atom. The fourth-order valence-electron chi connectivity index (χ4n) is 2.70. The van der Waals surface area contributed by atoms with E-state index in [9.17, 15) is 9.59 Å². The SMILES string of the molecule is NNC(=O)C1C(=O)NCC1c1c[nH]c2ccccc12. The molecule has 2 amide bonds. The van der Waals surface area contributed by atoms with E-state index in [1.54, 1.807) is 0 Å². The smallest absolute Gasteiger partial charge is 0.247 e. The molecule has 0 bridgehead atoms. The fraction of sp³-hybridized carbons (Fsp3) is 0.231. The van der Waals surface area contributed by atoms with Crippen molar-refractivity contribution in [1.29, 1.82) is 0 Å². The molecule has 1 aromatic heterocycles. The Hall–Kier alpha value is -2.34. The molecule has 1 fully saturated rings. The number of nitrogens with two attached hydrogens (primary N) is 1. The van der Waals surface area contributed by atoms with Crippen molar-refractivity contribution in [1.82, 2.24) is 15.7 Å². The Morgan fingerprint density at radius 3 is 2.95 bits per heavy atom. The Kier molecular flexibility index (Phi) is 2.72. The number of aromatic amines is 1. The lowest BCUT2D eigenvalue weighted by molar-refractivity contribution is -0.133. The van der Waals surface area contributed by atoms with Crippen molar-refractivity contribution in [3.63, 3.8) is 0 Å². The summed E-state index contributed by atoms with van der Waals surface area (Å²) in [6.07, 6.45) is 1.85. The van der Waals surface area contributed by atoms with E-state index in [4.69, 9.17) is 5.84 Å². The minimum atomic E-state index is -0.774. The number of benzene rings is 1. The Balaban J connectivity index is 2.05. The van der Waals surface area contributed by atoms with E-state index in [0.29, 0.717) is 6.54 Å². The van der Waals surface area contributed by atoms with Gasteiger partial charge < -0.3 is 10.3 Å². The van der Waals surface area contributed by atoms with Crippen molar-refractivity contribution >= 4 is 22.7 Å². The number of carbonyl (C=O) groups excluding carboxylic acids is 2. The number of nitrogens with one attached hydrogen (secondary N) is 3. The lowest BCUT2D eigenvalue weighted by Gasteiger charge is -2.14. The molecule has 2 heterocycles. The number of carbonyl (C=O) groups is 2. The second kappa shape index (κ2) is 4.40. The zero-order chi connectivity index (χ0) is 13.4. The summed E-state index contributed by atoms with van der Waals surface area (Å²) in [6.45, 7) is 0.443. The molecule has 1 aliphatic heterocycles. The standard InChI is InChI=1S/C13H14N4O2/c14-17-13(19)11-9(6-16-12(11)18)8-5-15-10-4-2-1-3-7(8)10/h1-5,9,11,15H,6,14H2,(H,16,18)(H,17,19). The third-order valence-corrected chi connectivity index (χ3v) is 3.63. The zero-order valence-electron chi connectivity index (χ0n) is 10.1. The highest BCUT2D eigenvalue weighted by Gasteiger charge is 2.41. The van der Waals surface area contributed by atoms with E-state index < -0.39 is 11.8 Å². The number of rotatable bonds is 2. The van der Waals surface area contributed by atoms with E-state index in [-0.39, 0.29) is 11.8 Å². The molecule has 2 aromatic rings. The van der Waals surface area contributed by atoms with Gasteiger partial charge in [0.05, 0.1) is 0 Å². The molecule has 1 saturated heterocycles. The van der Waals surface area contributed by atoms with Crippen LogP contribution in [0.25, 0.3) is 10.9 Å². The number of amides is 2. The molecule has 3 rings (SSSR count). The Morgan fingerprint density at radius 2 is 2.16 bits per heavy atom. The summed E-state index contributed by atoms with van der Waals surface area (Å²) in [5, 5.41) is 3.75. The first-order valence-electron chi connectivity index (χ1n) is 6.06.